The maximum Gasteiger partial charge on any atom is 0.269 e. The van der Waals surface area contributed by atoms with Crippen LogP contribution in [0.4, 0.5) is 0 Å². The van der Waals surface area contributed by atoms with E-state index in [-0.39, 0.29) is 12.5 Å². The van der Waals surface area contributed by atoms with Crippen molar-refractivity contribution in [2.75, 3.05) is 0 Å². The van der Waals surface area contributed by atoms with Gasteiger partial charge in [0.2, 0.25) is 0 Å². The molecular weight excluding hydrogens is 300 g/mol. The highest BCUT2D eigenvalue weighted by Crippen LogP contribution is 2.05. The Balaban J connectivity index is 1.48. The van der Waals surface area contributed by atoms with Crippen LogP contribution in [0.5, 0.6) is 0 Å². The number of pyridine rings is 1. The Morgan fingerprint density at radius 1 is 1.30 bits per heavy atom. The summed E-state index contributed by atoms with van der Waals surface area (Å²) >= 11 is 0. The van der Waals surface area contributed by atoms with Gasteiger partial charge in [-0.2, -0.15) is 9.78 Å². The number of hydrogen-bond acceptors (Lipinski definition) is 7. The number of aromatic amines is 1. The van der Waals surface area contributed by atoms with E-state index in [0.29, 0.717) is 17.3 Å². The van der Waals surface area contributed by atoms with Gasteiger partial charge in [-0.3, -0.25) is 14.3 Å². The molecule has 0 saturated carbocycles. The van der Waals surface area contributed by atoms with Gasteiger partial charge < -0.3 is 5.32 Å². The molecule has 0 atom stereocenters. The van der Waals surface area contributed by atoms with Gasteiger partial charge in [-0.15, -0.1) is 15.3 Å². The van der Waals surface area contributed by atoms with Crippen molar-refractivity contribution in [1.82, 2.24) is 50.3 Å². The zero-order valence-electron chi connectivity index (χ0n) is 11.7. The van der Waals surface area contributed by atoms with Crippen LogP contribution in [0.3, 0.4) is 0 Å². The Morgan fingerprint density at radius 2 is 2.26 bits per heavy atom. The number of carbonyl (C=O) groups excluding carboxylic acids is 1. The summed E-state index contributed by atoms with van der Waals surface area (Å²) < 4.78 is 3.15. The summed E-state index contributed by atoms with van der Waals surface area (Å²) in [5, 5.41) is 28.2. The molecule has 23 heavy (non-hydrogen) atoms. The molecule has 4 heterocycles. The molecule has 4 rings (SSSR count). The number of amides is 1. The SMILES string of the molecule is O=C(NCc1nnc2ccccn12)c1cc(-n2cnnn2)n[nH]1. The molecule has 114 valence electrons. The monoisotopic (exact) mass is 310 g/mol. The van der Waals surface area contributed by atoms with Crippen LogP contribution in [0.25, 0.3) is 11.5 Å². The first kappa shape index (κ1) is 13.1. The number of hydrogen-bond donors (Lipinski definition) is 2. The van der Waals surface area contributed by atoms with Crippen LogP contribution in [-0.2, 0) is 6.54 Å². The van der Waals surface area contributed by atoms with Crippen molar-refractivity contribution in [3.8, 4) is 5.82 Å². The predicted molar refractivity (Wildman–Crippen MR) is 75.5 cm³/mol. The van der Waals surface area contributed by atoms with E-state index in [2.05, 4.69) is 41.2 Å². The lowest BCUT2D eigenvalue weighted by molar-refractivity contribution is 0.0944. The highest BCUT2D eigenvalue weighted by Gasteiger charge is 2.13. The molecule has 4 aromatic heterocycles. The summed E-state index contributed by atoms with van der Waals surface area (Å²) in [5.74, 6) is 0.742. The summed E-state index contributed by atoms with van der Waals surface area (Å²) in [7, 11) is 0. The van der Waals surface area contributed by atoms with Crippen molar-refractivity contribution in [2.24, 2.45) is 0 Å². The largest absolute Gasteiger partial charge is 0.343 e. The second-order valence-electron chi connectivity index (χ2n) is 4.62. The molecule has 0 unspecified atom stereocenters. The average Bonchev–Trinajstić information content (AvgIpc) is 3.31. The molecule has 0 spiro atoms. The highest BCUT2D eigenvalue weighted by molar-refractivity contribution is 5.92. The van der Waals surface area contributed by atoms with Crippen molar-refractivity contribution in [3.63, 3.8) is 0 Å². The van der Waals surface area contributed by atoms with E-state index in [1.54, 1.807) is 10.5 Å². The molecule has 11 nitrogen and oxygen atoms in total. The van der Waals surface area contributed by atoms with E-state index in [9.17, 15) is 4.79 Å². The third-order valence-electron chi connectivity index (χ3n) is 3.18. The van der Waals surface area contributed by atoms with Gasteiger partial charge in [-0.05, 0) is 22.6 Å². The number of fused-ring (bicyclic) bond motifs is 1. The van der Waals surface area contributed by atoms with Crippen LogP contribution < -0.4 is 5.32 Å². The highest BCUT2D eigenvalue weighted by atomic mass is 16.1. The molecule has 0 aliphatic carbocycles. The van der Waals surface area contributed by atoms with Crippen LogP contribution in [0.2, 0.25) is 0 Å². The molecule has 0 bridgehead atoms. The molecule has 1 amide bonds. The predicted octanol–water partition coefficient (Wildman–Crippen LogP) is -0.642. The first-order valence-electron chi connectivity index (χ1n) is 6.67. The lowest BCUT2D eigenvalue weighted by atomic mass is 10.4. The van der Waals surface area contributed by atoms with Crippen molar-refractivity contribution < 1.29 is 4.79 Å². The fraction of sp³-hybridized carbons (Fsp3) is 0.0833. The average molecular weight is 310 g/mol. The quantitative estimate of drug-likeness (QED) is 0.512. The molecule has 0 fully saturated rings. The van der Waals surface area contributed by atoms with E-state index >= 15 is 0 Å². The zero-order chi connectivity index (χ0) is 15.6. The Labute approximate surface area is 128 Å². The third-order valence-corrected chi connectivity index (χ3v) is 3.18. The van der Waals surface area contributed by atoms with Crippen LogP contribution >= 0.6 is 0 Å². The van der Waals surface area contributed by atoms with Crippen LogP contribution in [0.15, 0.2) is 36.8 Å². The summed E-state index contributed by atoms with van der Waals surface area (Å²) in [6, 6.07) is 7.13. The third kappa shape index (κ3) is 2.39. The van der Waals surface area contributed by atoms with E-state index in [1.165, 1.54) is 11.0 Å². The van der Waals surface area contributed by atoms with Crippen molar-refractivity contribution in [1.29, 1.82) is 0 Å². The molecule has 11 heteroatoms. The lowest BCUT2D eigenvalue weighted by Crippen LogP contribution is -2.24. The number of rotatable bonds is 4. The van der Waals surface area contributed by atoms with Crippen molar-refractivity contribution in [2.45, 2.75) is 6.54 Å². The number of nitrogens with zero attached hydrogens (tertiary/aromatic N) is 8. The fourth-order valence-electron chi connectivity index (χ4n) is 2.08. The van der Waals surface area contributed by atoms with E-state index in [0.717, 1.165) is 5.65 Å². The van der Waals surface area contributed by atoms with Gasteiger partial charge in [-0.25, -0.2) is 0 Å². The Hall–Kier alpha value is -3.63. The van der Waals surface area contributed by atoms with Crippen molar-refractivity contribution in [3.05, 3.63) is 48.3 Å². The molecular formula is C12H10N10O. The molecule has 0 aliphatic rings. The standard InChI is InChI=1S/C12H10N10O/c23-12(8-5-10(17-15-8)22-7-14-19-20-22)13-6-11-18-16-9-3-1-2-4-21(9)11/h1-5,7H,6H2,(H,13,23)(H,15,17). The summed E-state index contributed by atoms with van der Waals surface area (Å²) in [5.41, 5.74) is 1.02. The van der Waals surface area contributed by atoms with Gasteiger partial charge in [-0.1, -0.05) is 6.07 Å². The first-order chi connectivity index (χ1) is 11.3. The second kappa shape index (κ2) is 5.29. The Bertz CT molecular complexity index is 953. The summed E-state index contributed by atoms with van der Waals surface area (Å²) in [4.78, 5) is 12.2. The summed E-state index contributed by atoms with van der Waals surface area (Å²) in [6.45, 7) is 0.239. The van der Waals surface area contributed by atoms with Gasteiger partial charge >= 0.3 is 0 Å². The topological polar surface area (TPSA) is 132 Å². The second-order valence-corrected chi connectivity index (χ2v) is 4.62. The Kier molecular flexibility index (Phi) is 3.00. The number of H-pyrrole nitrogens is 1. The van der Waals surface area contributed by atoms with Crippen LogP contribution in [-0.4, -0.2) is 50.9 Å². The Morgan fingerprint density at radius 3 is 3.13 bits per heavy atom. The maximum absolute atomic E-state index is 12.2. The number of carbonyl (C=O) groups is 1. The minimum Gasteiger partial charge on any atom is -0.343 e. The fourth-order valence-corrected chi connectivity index (χ4v) is 2.08. The smallest absolute Gasteiger partial charge is 0.269 e. The van der Waals surface area contributed by atoms with Gasteiger partial charge in [0.15, 0.2) is 17.3 Å². The molecule has 2 N–H and O–H groups in total. The van der Waals surface area contributed by atoms with Gasteiger partial charge in [0.25, 0.3) is 5.91 Å². The van der Waals surface area contributed by atoms with Gasteiger partial charge in [0.1, 0.15) is 12.0 Å². The molecule has 0 aliphatic heterocycles. The first-order valence-corrected chi connectivity index (χ1v) is 6.67. The number of aromatic nitrogens is 9. The molecule has 0 saturated heterocycles. The zero-order valence-corrected chi connectivity index (χ0v) is 11.7. The van der Waals surface area contributed by atoms with Crippen LogP contribution in [0, 0.1) is 0 Å². The molecule has 0 aromatic carbocycles. The summed E-state index contributed by atoms with van der Waals surface area (Å²) in [6.07, 6.45) is 3.23. The van der Waals surface area contributed by atoms with E-state index < -0.39 is 0 Å². The lowest BCUT2D eigenvalue weighted by Gasteiger charge is -2.01. The number of tetrazole rings is 1. The molecule has 4 aromatic rings. The normalized spacial score (nSPS) is 11.0. The maximum atomic E-state index is 12.2. The van der Waals surface area contributed by atoms with Gasteiger partial charge in [0.05, 0.1) is 6.54 Å². The van der Waals surface area contributed by atoms with E-state index in [1.807, 2.05) is 24.4 Å². The number of nitrogens with one attached hydrogen (secondary N) is 2. The van der Waals surface area contributed by atoms with Crippen LogP contribution in [0.1, 0.15) is 16.3 Å². The van der Waals surface area contributed by atoms with E-state index in [4.69, 9.17) is 0 Å². The minimum atomic E-state index is -0.315. The van der Waals surface area contributed by atoms with Gasteiger partial charge in [0, 0.05) is 12.3 Å². The molecule has 0 radical (unpaired) electrons. The van der Waals surface area contributed by atoms with Crippen molar-refractivity contribution >= 4 is 11.6 Å². The minimum absolute atomic E-state index is 0.239.